The quantitative estimate of drug-likeness (QED) is 0.395. The first kappa shape index (κ1) is 5.47. The van der Waals surface area contributed by atoms with E-state index < -0.39 is 0 Å². The summed E-state index contributed by atoms with van der Waals surface area (Å²) in [6, 6.07) is 0. The molecule has 0 fully saturated rings. The van der Waals surface area contributed by atoms with Crippen LogP contribution in [0, 0.1) is 0 Å². The van der Waals surface area contributed by atoms with Gasteiger partial charge in [-0.05, 0) is 18.9 Å². The van der Waals surface area contributed by atoms with E-state index in [4.69, 9.17) is 0 Å². The van der Waals surface area contributed by atoms with E-state index in [0.29, 0.717) is 0 Å². The summed E-state index contributed by atoms with van der Waals surface area (Å²) in [5, 5.41) is 1.09. The minimum Gasteiger partial charge on any atom is -0.264 e. The van der Waals surface area contributed by atoms with Gasteiger partial charge in [0.15, 0.2) is 0 Å². The van der Waals surface area contributed by atoms with Crippen molar-refractivity contribution in [1.82, 2.24) is 3.71 Å². The molecule has 0 unspecified atom stereocenters. The highest BCUT2D eigenvalue weighted by Gasteiger charge is 2.07. The van der Waals surface area contributed by atoms with Crippen molar-refractivity contribution in [2.45, 2.75) is 6.92 Å². The lowest BCUT2D eigenvalue weighted by atomic mass is 10.9. The van der Waals surface area contributed by atoms with Crippen molar-refractivity contribution in [3.05, 3.63) is 0 Å². The third-order valence-electron chi connectivity index (χ3n) is 0.652. The smallest absolute Gasteiger partial charge is 0.112 e. The summed E-state index contributed by atoms with van der Waals surface area (Å²) < 4.78 is 1.79. The van der Waals surface area contributed by atoms with Crippen LogP contribution in [0.25, 0.3) is 0 Å². The van der Waals surface area contributed by atoms with Gasteiger partial charge in [0.1, 0.15) is 6.67 Å². The Morgan fingerprint density at radius 2 is 2.71 bits per heavy atom. The maximum atomic E-state index is 4.05. The lowest BCUT2D eigenvalue weighted by molar-refractivity contribution is 0.794. The molecule has 2 nitrogen and oxygen atoms in total. The fourth-order valence-electron chi connectivity index (χ4n) is 0.370. The average Bonchev–Trinajstić information content (AvgIpc) is 1.87. The van der Waals surface area contributed by atoms with Crippen molar-refractivity contribution in [1.29, 1.82) is 0 Å². The molecule has 0 N–H and O–H groups in total. The van der Waals surface area contributed by atoms with Gasteiger partial charge in [-0.1, -0.05) is 12.8 Å². The van der Waals surface area contributed by atoms with Gasteiger partial charge >= 0.3 is 0 Å². The minimum atomic E-state index is 0.722. The van der Waals surface area contributed by atoms with E-state index in [9.17, 15) is 0 Å². The van der Waals surface area contributed by atoms with Crippen LogP contribution < -0.4 is 0 Å². The molecule has 0 saturated carbocycles. The summed E-state index contributed by atoms with van der Waals surface area (Å²) >= 11 is 5.60. The zero-order chi connectivity index (χ0) is 5.28. The second kappa shape index (κ2) is 2.07. The topological polar surface area (TPSA) is 15.6 Å². The SMILES string of the molecule is CC1=NCN(S)S1. The first-order chi connectivity index (χ1) is 3.29. The number of aliphatic imine (C=N–C) groups is 1. The Morgan fingerprint density at radius 1 is 2.00 bits per heavy atom. The molecule has 0 aromatic heterocycles. The van der Waals surface area contributed by atoms with Crippen LogP contribution in [0.15, 0.2) is 4.99 Å². The van der Waals surface area contributed by atoms with Crippen LogP contribution in [0.5, 0.6) is 0 Å². The molecule has 0 bridgehead atoms. The van der Waals surface area contributed by atoms with E-state index in [1.165, 1.54) is 0 Å². The lowest BCUT2D eigenvalue weighted by Crippen LogP contribution is -1.93. The van der Waals surface area contributed by atoms with E-state index in [-0.39, 0.29) is 0 Å². The van der Waals surface area contributed by atoms with Crippen molar-refractivity contribution in [3.8, 4) is 0 Å². The zero-order valence-corrected chi connectivity index (χ0v) is 5.67. The van der Waals surface area contributed by atoms with Crippen LogP contribution in [0.3, 0.4) is 0 Å². The first-order valence-electron chi connectivity index (χ1n) is 1.94. The maximum absolute atomic E-state index is 4.05. The summed E-state index contributed by atoms with van der Waals surface area (Å²) in [5.74, 6) is 0. The fourth-order valence-corrected chi connectivity index (χ4v) is 1.32. The van der Waals surface area contributed by atoms with E-state index in [0.717, 1.165) is 11.7 Å². The second-order valence-electron chi connectivity index (χ2n) is 1.26. The molecule has 0 atom stereocenters. The number of hydrogen-bond donors (Lipinski definition) is 1. The minimum absolute atomic E-state index is 0.722. The van der Waals surface area contributed by atoms with Gasteiger partial charge in [0, 0.05) is 0 Å². The lowest BCUT2D eigenvalue weighted by Gasteiger charge is -1.97. The third kappa shape index (κ3) is 1.36. The molecule has 1 aliphatic heterocycles. The Labute approximate surface area is 52.7 Å². The average molecular weight is 134 g/mol. The molecule has 1 heterocycles. The van der Waals surface area contributed by atoms with Crippen LogP contribution in [-0.2, 0) is 0 Å². The van der Waals surface area contributed by atoms with Gasteiger partial charge in [0.25, 0.3) is 0 Å². The second-order valence-corrected chi connectivity index (χ2v) is 3.23. The third-order valence-corrected chi connectivity index (χ3v) is 1.74. The van der Waals surface area contributed by atoms with Crippen molar-refractivity contribution in [2.75, 3.05) is 6.67 Å². The molecule has 0 radical (unpaired) electrons. The maximum Gasteiger partial charge on any atom is 0.112 e. The van der Waals surface area contributed by atoms with Crippen LogP contribution in [-0.4, -0.2) is 15.4 Å². The Hall–Kier alpha value is 0.330. The molecule has 0 aromatic rings. The largest absolute Gasteiger partial charge is 0.264 e. The van der Waals surface area contributed by atoms with E-state index in [1.807, 2.05) is 6.92 Å². The van der Waals surface area contributed by atoms with Crippen molar-refractivity contribution < 1.29 is 0 Å². The highest BCUT2D eigenvalue weighted by Crippen LogP contribution is 2.19. The molecule has 7 heavy (non-hydrogen) atoms. The van der Waals surface area contributed by atoms with Crippen LogP contribution in [0.4, 0.5) is 0 Å². The predicted octanol–water partition coefficient (Wildman–Crippen LogP) is 1.17. The van der Waals surface area contributed by atoms with Gasteiger partial charge in [0.2, 0.25) is 0 Å². The molecule has 4 heteroatoms. The summed E-state index contributed by atoms with van der Waals surface area (Å²) in [7, 11) is 0. The van der Waals surface area contributed by atoms with Crippen molar-refractivity contribution >= 4 is 29.8 Å². The normalized spacial score (nSPS) is 22.9. The highest BCUT2D eigenvalue weighted by molar-refractivity contribution is 8.17. The number of rotatable bonds is 0. The van der Waals surface area contributed by atoms with Gasteiger partial charge in [-0.25, -0.2) is 0 Å². The number of hydrogen-bond acceptors (Lipinski definition) is 4. The summed E-state index contributed by atoms with van der Waals surface area (Å²) in [5.41, 5.74) is 0. The molecule has 0 amide bonds. The Kier molecular flexibility index (Phi) is 1.61. The summed E-state index contributed by atoms with van der Waals surface area (Å²) in [6.45, 7) is 2.69. The molecular formula is C3H6N2S2. The first-order valence-corrected chi connectivity index (χ1v) is 3.12. The van der Waals surface area contributed by atoms with Crippen LogP contribution >= 0.6 is 24.8 Å². The number of thiol groups is 1. The molecule has 1 rings (SSSR count). The van der Waals surface area contributed by atoms with Crippen molar-refractivity contribution in [2.24, 2.45) is 4.99 Å². The fraction of sp³-hybridized carbons (Fsp3) is 0.667. The Bertz CT molecular complexity index is 101. The molecule has 40 valence electrons. The Morgan fingerprint density at radius 3 is 2.86 bits per heavy atom. The highest BCUT2D eigenvalue weighted by atomic mass is 32.2. The van der Waals surface area contributed by atoms with Gasteiger partial charge in [0.05, 0.1) is 5.04 Å². The van der Waals surface area contributed by atoms with Crippen LogP contribution in [0.1, 0.15) is 6.92 Å². The zero-order valence-electron chi connectivity index (χ0n) is 3.96. The van der Waals surface area contributed by atoms with Crippen molar-refractivity contribution in [3.63, 3.8) is 0 Å². The summed E-state index contributed by atoms with van der Waals surface area (Å²) in [6.07, 6.45) is 0. The van der Waals surface area contributed by atoms with Gasteiger partial charge in [-0.2, -0.15) is 3.71 Å². The Balaban J connectivity index is 2.42. The molecule has 0 aromatic carbocycles. The van der Waals surface area contributed by atoms with Gasteiger partial charge in [-0.15, -0.1) is 0 Å². The van der Waals surface area contributed by atoms with Gasteiger partial charge < -0.3 is 0 Å². The van der Waals surface area contributed by atoms with E-state index in [2.05, 4.69) is 17.8 Å². The van der Waals surface area contributed by atoms with E-state index in [1.54, 1.807) is 15.7 Å². The number of nitrogens with zero attached hydrogens (tertiary/aromatic N) is 2. The molecule has 0 saturated heterocycles. The summed E-state index contributed by atoms with van der Waals surface area (Å²) in [4.78, 5) is 4.05. The molecular weight excluding hydrogens is 128 g/mol. The van der Waals surface area contributed by atoms with E-state index >= 15 is 0 Å². The standard InChI is InChI=1S/C3H6N2S2/c1-3-4-2-5(6)7-3/h6H,2H2,1H3. The van der Waals surface area contributed by atoms with Gasteiger partial charge in [-0.3, -0.25) is 4.99 Å². The molecule has 0 aliphatic carbocycles. The molecule has 1 aliphatic rings. The monoisotopic (exact) mass is 134 g/mol. The van der Waals surface area contributed by atoms with Crippen LogP contribution in [0.2, 0.25) is 0 Å². The predicted molar refractivity (Wildman–Crippen MR) is 36.4 cm³/mol. The molecule has 0 spiro atoms.